The van der Waals surface area contributed by atoms with E-state index in [-0.39, 0.29) is 116 Å². The van der Waals surface area contributed by atoms with Crippen LogP contribution in [-0.4, -0.2) is 20.7 Å². The normalized spacial score (nSPS) is 9.21. The number of imidazole rings is 2. The van der Waals surface area contributed by atoms with Crippen LogP contribution in [0.3, 0.4) is 0 Å². The van der Waals surface area contributed by atoms with Crippen LogP contribution in [0.4, 0.5) is 0 Å². The minimum Gasteiger partial charge on any atom is -0.896 e. The largest absolute Gasteiger partial charge is 0.896 e. The maximum absolute atomic E-state index is 11.5. The molecule has 0 saturated heterocycles. The van der Waals surface area contributed by atoms with Crippen molar-refractivity contribution in [3.8, 4) is 11.8 Å². The molecule has 0 N–H and O–H groups in total. The SMILES string of the molecule is [CH2-][n+]1c([O-])c(C(=O)CC)n(C)c1C.[CH2-][n+]1c([O-])c(C(C)=O)n(C)c1C.[U].[U].[Zn]. The number of Topliss-reactive ketones (excluding diaryl/α,β-unsaturated/α-hetero) is 2. The van der Waals surface area contributed by atoms with E-state index < -0.39 is 0 Å². The first-order valence-corrected chi connectivity index (χ1v) is 7.69. The Morgan fingerprint density at radius 1 is 0.929 bits per heavy atom. The van der Waals surface area contributed by atoms with Crippen molar-refractivity contribution in [2.75, 3.05) is 0 Å². The van der Waals surface area contributed by atoms with Crippen molar-refractivity contribution < 1.29 is 111 Å². The van der Waals surface area contributed by atoms with Crippen molar-refractivity contribution in [3.05, 3.63) is 37.1 Å². The van der Waals surface area contributed by atoms with Gasteiger partial charge in [-0.15, -0.1) is 0 Å². The first-order chi connectivity index (χ1) is 11.5. The zero-order valence-electron chi connectivity index (χ0n) is 17.3. The molecule has 148 valence electrons. The molecular weight excluding hydrogens is 866 g/mol. The summed E-state index contributed by atoms with van der Waals surface area (Å²) in [4.78, 5) is 22.3. The monoisotopic (exact) mass is 888 g/mol. The summed E-state index contributed by atoms with van der Waals surface area (Å²) in [6, 6.07) is 0. The van der Waals surface area contributed by atoms with Crippen LogP contribution in [0.1, 0.15) is 52.9 Å². The van der Waals surface area contributed by atoms with Crippen LogP contribution in [0.2, 0.25) is 0 Å². The van der Waals surface area contributed by atoms with Crippen molar-refractivity contribution in [1.29, 1.82) is 0 Å². The molecule has 0 aromatic carbocycles. The molecular formula is C17H24N4O4U2Zn-2. The molecule has 0 unspecified atom stereocenters. The fourth-order valence-corrected chi connectivity index (χ4v) is 2.38. The Hall–Kier alpha value is -0.173. The van der Waals surface area contributed by atoms with Crippen molar-refractivity contribution >= 4 is 11.6 Å². The van der Waals surface area contributed by atoms with Crippen LogP contribution in [0, 0.1) is 90.2 Å². The summed E-state index contributed by atoms with van der Waals surface area (Å²) in [5, 5.41) is 22.8. The van der Waals surface area contributed by atoms with E-state index in [9.17, 15) is 19.8 Å². The number of hydrogen-bond acceptors (Lipinski definition) is 4. The minimum atomic E-state index is -0.331. The molecule has 0 aliphatic rings. The Morgan fingerprint density at radius 3 is 1.43 bits per heavy atom. The van der Waals surface area contributed by atoms with E-state index in [1.807, 2.05) is 0 Å². The molecule has 2 aromatic rings. The van der Waals surface area contributed by atoms with Gasteiger partial charge >= 0.3 is 0 Å². The predicted molar refractivity (Wildman–Crippen MR) is 85.7 cm³/mol. The van der Waals surface area contributed by atoms with Crippen LogP contribution >= 0.6 is 0 Å². The second-order valence-corrected chi connectivity index (χ2v) is 5.71. The smallest absolute Gasteiger partial charge is 0.190 e. The van der Waals surface area contributed by atoms with Gasteiger partial charge in [-0.2, -0.15) is 0 Å². The Labute approximate surface area is 226 Å². The van der Waals surface area contributed by atoms with Gasteiger partial charge in [0.2, 0.25) is 0 Å². The van der Waals surface area contributed by atoms with Crippen molar-refractivity contribution in [2.24, 2.45) is 14.1 Å². The van der Waals surface area contributed by atoms with Gasteiger partial charge in [-0.1, -0.05) is 6.92 Å². The third-order valence-corrected chi connectivity index (χ3v) is 4.24. The van der Waals surface area contributed by atoms with Crippen molar-refractivity contribution in [3.63, 3.8) is 0 Å². The molecule has 0 aliphatic heterocycles. The summed E-state index contributed by atoms with van der Waals surface area (Å²) in [6.45, 7) is 6.59. The molecule has 11 heteroatoms. The quantitative estimate of drug-likeness (QED) is 0.179. The third-order valence-electron chi connectivity index (χ3n) is 4.24. The summed E-state index contributed by atoms with van der Waals surface area (Å²) in [6.07, 6.45) is 0.340. The number of carbonyl (C=O) groups is 2. The van der Waals surface area contributed by atoms with Crippen LogP contribution in [0.15, 0.2) is 0 Å². The average molecular weight is 890 g/mol. The van der Waals surface area contributed by atoms with Gasteiger partial charge in [0.1, 0.15) is 11.4 Å². The summed E-state index contributed by atoms with van der Waals surface area (Å²) >= 11 is 0. The second-order valence-electron chi connectivity index (χ2n) is 5.71. The van der Waals surface area contributed by atoms with Crippen LogP contribution in [-0.2, 0) is 33.6 Å². The van der Waals surface area contributed by atoms with Gasteiger partial charge < -0.3 is 19.3 Å². The fraction of sp³-hybridized carbons (Fsp3) is 0.412. The van der Waals surface area contributed by atoms with E-state index in [4.69, 9.17) is 0 Å². The van der Waals surface area contributed by atoms with E-state index in [2.05, 4.69) is 14.1 Å². The molecule has 0 bridgehead atoms. The molecule has 0 atom stereocenters. The molecule has 8 nitrogen and oxygen atoms in total. The van der Waals surface area contributed by atoms with Gasteiger partial charge in [0.15, 0.2) is 23.2 Å². The molecule has 0 radical (unpaired) electrons. The van der Waals surface area contributed by atoms with E-state index in [1.165, 1.54) is 16.1 Å². The van der Waals surface area contributed by atoms with E-state index in [1.54, 1.807) is 44.0 Å². The summed E-state index contributed by atoms with van der Waals surface area (Å²) in [5.41, 5.74) is 0.400. The van der Waals surface area contributed by atoms with Crippen LogP contribution in [0.25, 0.3) is 0 Å². The molecule has 2 rings (SSSR count). The van der Waals surface area contributed by atoms with Gasteiger partial charge in [-0.25, -0.2) is 0 Å². The Kier molecular flexibility index (Phi) is 15.3. The maximum atomic E-state index is 11.5. The number of hydrogen-bond donors (Lipinski definition) is 0. The summed E-state index contributed by atoms with van der Waals surface area (Å²) in [7, 11) is 10.4. The van der Waals surface area contributed by atoms with Crippen molar-refractivity contribution in [1.82, 2.24) is 9.13 Å². The molecule has 28 heavy (non-hydrogen) atoms. The van der Waals surface area contributed by atoms with Crippen molar-refractivity contribution in [2.45, 2.75) is 34.1 Å². The molecule has 0 fully saturated rings. The molecule has 0 spiro atoms. The maximum Gasteiger partial charge on any atom is 0.190 e. The van der Waals surface area contributed by atoms with E-state index in [0.717, 1.165) is 0 Å². The van der Waals surface area contributed by atoms with Gasteiger partial charge in [0.25, 0.3) is 0 Å². The molecule has 2 heterocycles. The molecule has 0 saturated carbocycles. The molecule has 0 aliphatic carbocycles. The number of nitrogens with zero attached hydrogens (tertiary/aromatic N) is 4. The van der Waals surface area contributed by atoms with E-state index >= 15 is 0 Å². The number of ketones is 2. The number of carbonyl (C=O) groups excluding carboxylic acids is 2. The van der Waals surface area contributed by atoms with E-state index in [0.29, 0.717) is 18.1 Å². The van der Waals surface area contributed by atoms with Crippen LogP contribution in [0.5, 0.6) is 11.8 Å². The average Bonchev–Trinajstić information content (AvgIpc) is 2.87. The summed E-state index contributed by atoms with van der Waals surface area (Å²) < 4.78 is 5.60. The fourth-order valence-electron chi connectivity index (χ4n) is 2.38. The standard InChI is InChI=1S/C9H14N2O2.C8H12N2O2.2U.Zn/c1-5-7(12)8-9(13)11(4)6(2)10(8)3;1-5(11)7-8(12)10(4)6(2)9(7)3;;;/h13H,4-5H2,1-3H3;12H,4H2,1-3H3;;;/p-2. The summed E-state index contributed by atoms with van der Waals surface area (Å²) in [5.74, 6) is 0.340. The number of aromatic nitrogens is 4. The number of rotatable bonds is 3. The first-order valence-electron chi connectivity index (χ1n) is 7.69. The van der Waals surface area contributed by atoms with Crippen LogP contribution < -0.4 is 19.3 Å². The second kappa shape index (κ2) is 13.2. The zero-order valence-corrected chi connectivity index (χ0v) is 28.5. The minimum absolute atomic E-state index is 0. The Bertz CT molecular complexity index is 796. The molecule has 2 aromatic heterocycles. The third kappa shape index (κ3) is 6.41. The topological polar surface area (TPSA) is 97.9 Å². The van der Waals surface area contributed by atoms with Gasteiger partial charge in [0.05, 0.1) is 14.1 Å². The van der Waals surface area contributed by atoms with Gasteiger partial charge in [-0.05, 0) is 39.7 Å². The molecule has 0 amide bonds. The van der Waals surface area contributed by atoms with Gasteiger partial charge in [0, 0.05) is 95.0 Å². The first kappa shape index (κ1) is 32.5. The zero-order chi connectivity index (χ0) is 19.6. The Balaban J connectivity index is -0.000000404. The predicted octanol–water partition coefficient (Wildman–Crippen LogP) is -0.539. The Morgan fingerprint density at radius 2 is 1.25 bits per heavy atom. The van der Waals surface area contributed by atoms with Gasteiger partial charge in [-0.3, -0.25) is 18.7 Å².